The van der Waals surface area contributed by atoms with Gasteiger partial charge in [0.1, 0.15) is 13.2 Å². The Kier molecular flexibility index (Phi) is 32.7. The average molecular weight is 681 g/mol. The molecule has 0 saturated heterocycles. The lowest BCUT2D eigenvalue weighted by Gasteiger charge is -2.25. The highest BCUT2D eigenvalue weighted by Gasteiger charge is 2.23. The van der Waals surface area contributed by atoms with Gasteiger partial charge in [0.15, 0.2) is 0 Å². The van der Waals surface area contributed by atoms with Crippen LogP contribution in [0.2, 0.25) is 0 Å². The Bertz CT molecular complexity index is 681. The van der Waals surface area contributed by atoms with E-state index in [9.17, 15) is 14.4 Å². The summed E-state index contributed by atoms with van der Waals surface area (Å²) in [6.45, 7) is 10.5. The van der Waals surface area contributed by atoms with E-state index in [0.29, 0.717) is 26.1 Å². The highest BCUT2D eigenvalue weighted by atomic mass is 16.5. The maximum absolute atomic E-state index is 13.2. The first-order valence-corrected chi connectivity index (χ1v) is 20.6. The Hall–Kier alpha value is -1.63. The van der Waals surface area contributed by atoms with Gasteiger partial charge >= 0.3 is 11.9 Å². The van der Waals surface area contributed by atoms with E-state index >= 15 is 0 Å². The minimum Gasteiger partial charge on any atom is -0.464 e. The maximum Gasteiger partial charge on any atom is 0.308 e. The Morgan fingerprint density at radius 3 is 1.06 bits per heavy atom. The van der Waals surface area contributed by atoms with Crippen molar-refractivity contribution >= 4 is 17.8 Å². The van der Waals surface area contributed by atoms with Crippen LogP contribution in [0.4, 0.5) is 0 Å². The van der Waals surface area contributed by atoms with E-state index in [-0.39, 0.29) is 42.9 Å². The summed E-state index contributed by atoms with van der Waals surface area (Å²) in [5.74, 6) is -0.355. The van der Waals surface area contributed by atoms with Gasteiger partial charge in [-0.3, -0.25) is 14.4 Å². The molecule has 0 aliphatic heterocycles. The van der Waals surface area contributed by atoms with Gasteiger partial charge in [0, 0.05) is 13.0 Å². The zero-order valence-electron chi connectivity index (χ0n) is 32.8. The standard InChI is InChI=1S/C41H80N2O5/c1-7-11-15-19-23-27-37(28-24-20-16-12-8-2)40(45)47-35-33-43(39(44)31-32-42(5)6)34-36-48-41(46)38(29-25-21-17-13-9-3)30-26-22-18-14-10-4/h37-38H,7-36H2,1-6H3. The van der Waals surface area contributed by atoms with Gasteiger partial charge in [-0.2, -0.15) is 0 Å². The van der Waals surface area contributed by atoms with E-state index < -0.39 is 0 Å². The summed E-state index contributed by atoms with van der Waals surface area (Å²) in [6, 6.07) is 0. The van der Waals surface area contributed by atoms with Gasteiger partial charge in [-0.15, -0.1) is 0 Å². The molecule has 0 unspecified atom stereocenters. The van der Waals surface area contributed by atoms with E-state index in [1.165, 1.54) is 103 Å². The molecule has 7 nitrogen and oxygen atoms in total. The van der Waals surface area contributed by atoms with Crippen molar-refractivity contribution in [2.24, 2.45) is 11.8 Å². The van der Waals surface area contributed by atoms with Gasteiger partial charge in [0.2, 0.25) is 5.91 Å². The first-order valence-electron chi connectivity index (χ1n) is 20.6. The number of hydrogen-bond donors (Lipinski definition) is 0. The molecule has 0 aromatic rings. The first kappa shape index (κ1) is 46.4. The highest BCUT2D eigenvalue weighted by molar-refractivity contribution is 5.76. The van der Waals surface area contributed by atoms with Gasteiger partial charge in [0.05, 0.1) is 24.9 Å². The molecule has 0 atom stereocenters. The molecular formula is C41H80N2O5. The Morgan fingerprint density at radius 1 is 0.458 bits per heavy atom. The second-order valence-electron chi connectivity index (χ2n) is 14.5. The Morgan fingerprint density at radius 2 is 0.771 bits per heavy atom. The monoisotopic (exact) mass is 681 g/mol. The third-order valence-electron chi connectivity index (χ3n) is 9.63. The van der Waals surface area contributed by atoms with Crippen LogP contribution in [0, 0.1) is 11.8 Å². The zero-order valence-corrected chi connectivity index (χ0v) is 32.8. The molecule has 48 heavy (non-hydrogen) atoms. The number of rotatable bonds is 35. The summed E-state index contributed by atoms with van der Waals surface area (Å²) in [5, 5.41) is 0. The van der Waals surface area contributed by atoms with Crippen LogP contribution in [0.5, 0.6) is 0 Å². The molecule has 0 aromatic carbocycles. The van der Waals surface area contributed by atoms with Crippen LogP contribution in [0.3, 0.4) is 0 Å². The molecule has 1 amide bonds. The molecule has 0 fully saturated rings. The summed E-state index contributed by atoms with van der Waals surface area (Å²) in [7, 11) is 3.91. The van der Waals surface area contributed by atoms with Crippen LogP contribution >= 0.6 is 0 Å². The average Bonchev–Trinajstić information content (AvgIpc) is 3.07. The second kappa shape index (κ2) is 33.8. The quantitative estimate of drug-likeness (QED) is 0.0490. The molecule has 0 aliphatic rings. The van der Waals surface area contributed by atoms with Crippen molar-refractivity contribution in [3.8, 4) is 0 Å². The third-order valence-corrected chi connectivity index (χ3v) is 9.63. The van der Waals surface area contributed by atoms with Crippen molar-refractivity contribution in [1.82, 2.24) is 9.80 Å². The van der Waals surface area contributed by atoms with Crippen molar-refractivity contribution in [2.75, 3.05) is 46.9 Å². The molecule has 0 radical (unpaired) electrons. The van der Waals surface area contributed by atoms with Crippen LogP contribution in [0.1, 0.15) is 188 Å². The van der Waals surface area contributed by atoms with Crippen LogP contribution in [0.15, 0.2) is 0 Å². The fourth-order valence-electron chi connectivity index (χ4n) is 6.32. The lowest BCUT2D eigenvalue weighted by molar-refractivity contribution is -0.152. The van der Waals surface area contributed by atoms with Crippen molar-refractivity contribution in [3.63, 3.8) is 0 Å². The number of ether oxygens (including phenoxy) is 2. The van der Waals surface area contributed by atoms with Crippen molar-refractivity contribution in [1.29, 1.82) is 0 Å². The molecule has 0 aliphatic carbocycles. The Balaban J connectivity index is 5.13. The summed E-state index contributed by atoms with van der Waals surface area (Å²) >= 11 is 0. The lowest BCUT2D eigenvalue weighted by atomic mass is 9.94. The zero-order chi connectivity index (χ0) is 35.7. The van der Waals surface area contributed by atoms with Crippen LogP contribution < -0.4 is 0 Å². The lowest BCUT2D eigenvalue weighted by Crippen LogP contribution is -2.39. The van der Waals surface area contributed by atoms with Crippen molar-refractivity contribution in [2.45, 2.75) is 188 Å². The number of unbranched alkanes of at least 4 members (excludes halogenated alkanes) is 16. The second-order valence-corrected chi connectivity index (χ2v) is 14.5. The summed E-state index contributed by atoms with van der Waals surface area (Å²) in [5.41, 5.74) is 0. The summed E-state index contributed by atoms with van der Waals surface area (Å²) in [6.07, 6.45) is 27.6. The van der Waals surface area contributed by atoms with Crippen molar-refractivity contribution in [3.05, 3.63) is 0 Å². The summed E-state index contributed by atoms with van der Waals surface area (Å²) in [4.78, 5) is 43.3. The smallest absolute Gasteiger partial charge is 0.308 e. The van der Waals surface area contributed by atoms with Gasteiger partial charge < -0.3 is 19.3 Å². The molecule has 0 saturated carbocycles. The Labute approximate surface area is 298 Å². The van der Waals surface area contributed by atoms with Gasteiger partial charge in [0.25, 0.3) is 0 Å². The van der Waals surface area contributed by atoms with E-state index in [2.05, 4.69) is 27.7 Å². The van der Waals surface area contributed by atoms with E-state index in [4.69, 9.17) is 9.47 Å². The SMILES string of the molecule is CCCCCCCC(CCCCCCC)C(=O)OCCN(CCOC(=O)C(CCCCCCC)CCCCCCC)C(=O)CCN(C)C. The summed E-state index contributed by atoms with van der Waals surface area (Å²) < 4.78 is 11.7. The molecule has 0 aromatic heterocycles. The van der Waals surface area contributed by atoms with Gasteiger partial charge in [-0.25, -0.2) is 0 Å². The molecular weight excluding hydrogens is 600 g/mol. The fourth-order valence-corrected chi connectivity index (χ4v) is 6.32. The van der Waals surface area contributed by atoms with Gasteiger partial charge in [-0.1, -0.05) is 156 Å². The molecule has 7 heteroatoms. The topological polar surface area (TPSA) is 76.1 Å². The number of carbonyl (C=O) groups is 3. The normalized spacial score (nSPS) is 11.5. The molecule has 0 spiro atoms. The van der Waals surface area contributed by atoms with Crippen LogP contribution in [-0.2, 0) is 23.9 Å². The molecule has 0 heterocycles. The minimum atomic E-state index is -0.117. The van der Waals surface area contributed by atoms with Gasteiger partial charge in [-0.05, 0) is 39.8 Å². The number of esters is 2. The van der Waals surface area contributed by atoms with Crippen LogP contribution in [-0.4, -0.2) is 74.6 Å². The number of nitrogens with zero attached hydrogens (tertiary/aromatic N) is 2. The van der Waals surface area contributed by atoms with Crippen LogP contribution in [0.25, 0.3) is 0 Å². The fraction of sp³-hybridized carbons (Fsp3) is 0.927. The first-order chi connectivity index (χ1) is 23.3. The molecule has 0 N–H and O–H groups in total. The predicted molar refractivity (Wildman–Crippen MR) is 202 cm³/mol. The molecule has 0 rings (SSSR count). The van der Waals surface area contributed by atoms with Crippen molar-refractivity contribution < 1.29 is 23.9 Å². The minimum absolute atomic E-state index is 0.00240. The maximum atomic E-state index is 13.2. The molecule has 0 bridgehead atoms. The predicted octanol–water partition coefficient (Wildman–Crippen LogP) is 10.5. The highest BCUT2D eigenvalue weighted by Crippen LogP contribution is 2.22. The third kappa shape index (κ3) is 27.2. The largest absolute Gasteiger partial charge is 0.464 e. The van der Waals surface area contributed by atoms with E-state index in [0.717, 1.165) is 51.4 Å². The number of amides is 1. The number of carbonyl (C=O) groups excluding carboxylic acids is 3. The number of hydrogen-bond acceptors (Lipinski definition) is 6. The van der Waals surface area contributed by atoms with E-state index in [1.807, 2.05) is 19.0 Å². The molecule has 284 valence electrons. The van der Waals surface area contributed by atoms with E-state index in [1.54, 1.807) is 4.90 Å².